The van der Waals surface area contributed by atoms with E-state index in [9.17, 15) is 4.79 Å². The second kappa shape index (κ2) is 3.46. The molecule has 0 heterocycles. The number of rotatable bonds is 3. The minimum absolute atomic E-state index is 0.0536. The van der Waals surface area contributed by atoms with E-state index >= 15 is 0 Å². The van der Waals surface area contributed by atoms with Gasteiger partial charge < -0.3 is 5.11 Å². The average Bonchev–Trinajstić information content (AvgIpc) is 1.95. The number of hydrogen-bond acceptors (Lipinski definition) is 1. The third-order valence-electron chi connectivity index (χ3n) is 1.85. The highest BCUT2D eigenvalue weighted by Crippen LogP contribution is 2.30. The molecule has 0 aliphatic rings. The molecule has 0 saturated heterocycles. The van der Waals surface area contributed by atoms with Crippen molar-refractivity contribution >= 4 is 5.97 Å². The van der Waals surface area contributed by atoms with Crippen LogP contribution in [0.4, 0.5) is 0 Å². The van der Waals surface area contributed by atoms with Gasteiger partial charge >= 0.3 is 5.97 Å². The molecule has 0 aromatic carbocycles. The molecule has 12 heavy (non-hydrogen) atoms. The third kappa shape index (κ3) is 4.37. The number of carboxylic acid groups (broad SMARTS) is 1. The minimum Gasteiger partial charge on any atom is -0.481 e. The summed E-state index contributed by atoms with van der Waals surface area (Å²) in [4.78, 5) is 11.0. The molecule has 0 aliphatic heterocycles. The maximum absolute atomic E-state index is 11.0. The molecular weight excluding hydrogens is 152 g/mol. The van der Waals surface area contributed by atoms with Crippen LogP contribution in [-0.2, 0) is 4.79 Å². The zero-order valence-electron chi connectivity index (χ0n) is 11.3. The van der Waals surface area contributed by atoms with E-state index in [0.717, 1.165) is 0 Å². The summed E-state index contributed by atoms with van der Waals surface area (Å²) < 4.78 is 21.8. The van der Waals surface area contributed by atoms with Gasteiger partial charge in [0.2, 0.25) is 0 Å². The smallest absolute Gasteiger partial charge is 0.309 e. The van der Waals surface area contributed by atoms with E-state index in [1.54, 1.807) is 0 Å². The second-order valence-electron chi connectivity index (χ2n) is 4.70. The Balaban J connectivity index is 4.78. The molecule has 0 radical (unpaired) electrons. The first-order valence-electron chi connectivity index (χ1n) is 5.63. The van der Waals surface area contributed by atoms with Gasteiger partial charge in [-0.2, -0.15) is 0 Å². The fourth-order valence-corrected chi connectivity index (χ4v) is 0.732. The fourth-order valence-electron chi connectivity index (χ4n) is 0.732. The van der Waals surface area contributed by atoms with E-state index in [2.05, 4.69) is 0 Å². The summed E-state index contributed by atoms with van der Waals surface area (Å²) in [6.45, 7) is 4.75. The van der Waals surface area contributed by atoms with Crippen LogP contribution in [0, 0.1) is 10.8 Å². The van der Waals surface area contributed by atoms with E-state index in [1.807, 2.05) is 20.8 Å². The van der Waals surface area contributed by atoms with E-state index in [4.69, 9.17) is 9.22 Å². The van der Waals surface area contributed by atoms with Crippen LogP contribution in [0.2, 0.25) is 0 Å². The van der Waals surface area contributed by atoms with Gasteiger partial charge in [-0.05, 0) is 32.0 Å². The second-order valence-corrected chi connectivity index (χ2v) is 4.70. The summed E-state index contributed by atoms with van der Waals surface area (Å²) in [5, 5.41) is 9.00. The van der Waals surface area contributed by atoms with Crippen LogP contribution >= 0.6 is 0 Å². The molecular formula is C10H20O2. The lowest BCUT2D eigenvalue weighted by atomic mass is 9.80. The highest BCUT2D eigenvalue weighted by Gasteiger charge is 2.28. The summed E-state index contributed by atoms with van der Waals surface area (Å²) in [6, 6.07) is 0. The molecule has 0 bridgehead atoms. The summed E-state index contributed by atoms with van der Waals surface area (Å²) in [7, 11) is 0. The highest BCUT2D eigenvalue weighted by molar-refractivity contribution is 5.73. The maximum atomic E-state index is 11.0. The number of carboxylic acids is 1. The van der Waals surface area contributed by atoms with Crippen molar-refractivity contribution in [3.63, 3.8) is 0 Å². The van der Waals surface area contributed by atoms with Gasteiger partial charge in [0.1, 0.15) is 0 Å². The molecule has 0 aliphatic carbocycles. The summed E-state index contributed by atoms with van der Waals surface area (Å²) in [5.74, 6) is -1.24. The SMILES string of the molecule is [2H]C([2H])([2H])C(C)(CCC(C)(C)C)C(=O)O. The quantitative estimate of drug-likeness (QED) is 0.716. The lowest BCUT2D eigenvalue weighted by Crippen LogP contribution is -2.25. The molecule has 0 aromatic rings. The van der Waals surface area contributed by atoms with E-state index < -0.39 is 18.2 Å². The predicted molar refractivity (Wildman–Crippen MR) is 50.1 cm³/mol. The Morgan fingerprint density at radius 3 is 2.08 bits per heavy atom. The van der Waals surface area contributed by atoms with Crippen LogP contribution in [0.25, 0.3) is 0 Å². The van der Waals surface area contributed by atoms with Crippen molar-refractivity contribution in [3.8, 4) is 0 Å². The van der Waals surface area contributed by atoms with Gasteiger partial charge in [0.15, 0.2) is 0 Å². The first-order valence-corrected chi connectivity index (χ1v) is 4.13. The largest absolute Gasteiger partial charge is 0.481 e. The van der Waals surface area contributed by atoms with Crippen molar-refractivity contribution in [2.24, 2.45) is 10.8 Å². The Labute approximate surface area is 79.2 Å². The van der Waals surface area contributed by atoms with Gasteiger partial charge in [-0.25, -0.2) is 0 Å². The predicted octanol–water partition coefficient (Wildman–Crippen LogP) is 2.92. The molecule has 0 saturated carbocycles. The monoisotopic (exact) mass is 175 g/mol. The standard InChI is InChI=1S/C10H20O2/c1-9(2,3)6-7-10(4,5)8(11)12/h6-7H2,1-5H3,(H,11,12)/i4D3. The maximum Gasteiger partial charge on any atom is 0.309 e. The first-order chi connectivity index (χ1) is 6.40. The Morgan fingerprint density at radius 2 is 1.83 bits per heavy atom. The van der Waals surface area contributed by atoms with Gasteiger partial charge in [-0.1, -0.05) is 20.8 Å². The van der Waals surface area contributed by atoms with Gasteiger partial charge in [0.05, 0.1) is 5.41 Å². The van der Waals surface area contributed by atoms with E-state index in [1.165, 1.54) is 6.92 Å². The van der Waals surface area contributed by atoms with E-state index in [0.29, 0.717) is 6.42 Å². The van der Waals surface area contributed by atoms with E-state index in [-0.39, 0.29) is 11.8 Å². The van der Waals surface area contributed by atoms with Crippen molar-refractivity contribution in [2.75, 3.05) is 0 Å². The Hall–Kier alpha value is -0.530. The Morgan fingerprint density at radius 1 is 1.33 bits per heavy atom. The topological polar surface area (TPSA) is 37.3 Å². The fraction of sp³-hybridized carbons (Fsp3) is 0.900. The average molecular weight is 175 g/mol. The number of hydrogen-bond donors (Lipinski definition) is 1. The minimum atomic E-state index is -2.45. The molecule has 0 fully saturated rings. The molecule has 2 heteroatoms. The van der Waals surface area contributed by atoms with Gasteiger partial charge in [0.25, 0.3) is 0 Å². The molecule has 1 unspecified atom stereocenters. The van der Waals surface area contributed by atoms with Crippen molar-refractivity contribution in [2.45, 2.75) is 47.4 Å². The number of aliphatic carboxylic acids is 1. The number of carbonyl (C=O) groups is 1. The van der Waals surface area contributed by atoms with Crippen molar-refractivity contribution in [1.82, 2.24) is 0 Å². The third-order valence-corrected chi connectivity index (χ3v) is 1.85. The van der Waals surface area contributed by atoms with Gasteiger partial charge in [0, 0.05) is 4.11 Å². The molecule has 1 N–H and O–H groups in total. The van der Waals surface area contributed by atoms with Crippen LogP contribution in [0.1, 0.15) is 51.5 Å². The van der Waals surface area contributed by atoms with Crippen molar-refractivity contribution in [1.29, 1.82) is 0 Å². The van der Waals surface area contributed by atoms with Crippen molar-refractivity contribution < 1.29 is 14.0 Å². The Bertz CT molecular complexity index is 240. The van der Waals surface area contributed by atoms with Gasteiger partial charge in [-0.3, -0.25) is 4.79 Å². The lowest BCUT2D eigenvalue weighted by molar-refractivity contribution is -0.147. The molecule has 0 spiro atoms. The molecule has 1 atom stereocenters. The van der Waals surface area contributed by atoms with Crippen LogP contribution < -0.4 is 0 Å². The molecule has 0 amide bonds. The lowest BCUT2D eigenvalue weighted by Gasteiger charge is -2.25. The van der Waals surface area contributed by atoms with Crippen LogP contribution in [-0.4, -0.2) is 11.1 Å². The van der Waals surface area contributed by atoms with Crippen LogP contribution in [0.3, 0.4) is 0 Å². The molecule has 2 nitrogen and oxygen atoms in total. The normalized spacial score (nSPS) is 21.8. The highest BCUT2D eigenvalue weighted by atomic mass is 16.4. The summed E-state index contributed by atoms with van der Waals surface area (Å²) in [5.41, 5.74) is -1.69. The molecule has 0 rings (SSSR count). The zero-order chi connectivity index (χ0) is 12.5. The Kier molecular flexibility index (Phi) is 2.00. The van der Waals surface area contributed by atoms with Crippen LogP contribution in [0.15, 0.2) is 0 Å². The first kappa shape index (κ1) is 6.93. The zero-order valence-corrected chi connectivity index (χ0v) is 8.27. The summed E-state index contributed by atoms with van der Waals surface area (Å²) >= 11 is 0. The van der Waals surface area contributed by atoms with Crippen LogP contribution in [0.5, 0.6) is 0 Å². The van der Waals surface area contributed by atoms with Gasteiger partial charge in [-0.15, -0.1) is 0 Å². The summed E-state index contributed by atoms with van der Waals surface area (Å²) in [6.07, 6.45) is 0.747. The molecule has 0 aromatic heterocycles. The van der Waals surface area contributed by atoms with Crippen molar-refractivity contribution in [3.05, 3.63) is 0 Å². The molecule has 72 valence electrons.